The zero-order valence-corrected chi connectivity index (χ0v) is 17.7. The maximum atomic E-state index is 14.0. The third-order valence-electron chi connectivity index (χ3n) is 4.81. The number of fused-ring (bicyclic) bond motifs is 1. The van der Waals surface area contributed by atoms with E-state index < -0.39 is 44.8 Å². The van der Waals surface area contributed by atoms with Crippen LogP contribution in [0.1, 0.15) is 5.56 Å². The van der Waals surface area contributed by atoms with Crippen LogP contribution >= 0.6 is 0 Å². The number of halogens is 6. The van der Waals surface area contributed by atoms with Crippen molar-refractivity contribution >= 4 is 15.7 Å². The van der Waals surface area contributed by atoms with Crippen molar-refractivity contribution in [1.82, 2.24) is 4.98 Å². The van der Waals surface area contributed by atoms with Gasteiger partial charge in [-0.3, -0.25) is 4.31 Å². The molecule has 3 aromatic rings. The molecule has 1 aliphatic rings. The summed E-state index contributed by atoms with van der Waals surface area (Å²) in [5.74, 6) is -1.48. The number of alkyl halides is 5. The number of rotatable bonds is 5. The molecule has 6 nitrogen and oxygen atoms in total. The minimum Gasteiger partial charge on any atom is -0.474 e. The molecule has 0 amide bonds. The van der Waals surface area contributed by atoms with Gasteiger partial charge in [-0.05, 0) is 42.0 Å². The van der Waals surface area contributed by atoms with E-state index in [1.165, 1.54) is 12.3 Å². The first-order chi connectivity index (χ1) is 15.9. The normalized spacial score (nSPS) is 14.0. The van der Waals surface area contributed by atoms with Crippen molar-refractivity contribution in [3.05, 3.63) is 66.1 Å². The molecule has 2 aromatic carbocycles. The van der Waals surface area contributed by atoms with Crippen LogP contribution in [0.2, 0.25) is 0 Å². The van der Waals surface area contributed by atoms with Crippen LogP contribution in [0.4, 0.5) is 32.0 Å². The van der Waals surface area contributed by atoms with Gasteiger partial charge in [-0.15, -0.1) is 0 Å². The number of hydrogen-bond acceptors (Lipinski definition) is 5. The second-order valence-electron chi connectivity index (χ2n) is 7.05. The summed E-state index contributed by atoms with van der Waals surface area (Å²) in [6.07, 6.45) is -3.54. The van der Waals surface area contributed by atoms with Gasteiger partial charge in [0, 0.05) is 17.8 Å². The summed E-state index contributed by atoms with van der Waals surface area (Å²) in [7, 11) is -4.47. The van der Waals surface area contributed by atoms with Crippen molar-refractivity contribution in [2.45, 2.75) is 17.7 Å². The Balaban J connectivity index is 1.77. The second-order valence-corrected chi connectivity index (χ2v) is 8.92. The molecule has 180 valence electrons. The van der Waals surface area contributed by atoms with E-state index in [1.807, 2.05) is 0 Å². The SMILES string of the molecule is O=S(=O)(c1cccc(C(F)(F)F)c1)N1CCOc2ncc(-c3cc(F)cc(OC(F)F)c3)cc21. The lowest BCUT2D eigenvalue weighted by Gasteiger charge is -2.30. The molecule has 0 atom stereocenters. The molecule has 0 fully saturated rings. The Hall–Kier alpha value is -3.48. The van der Waals surface area contributed by atoms with Gasteiger partial charge in [0.15, 0.2) is 0 Å². The van der Waals surface area contributed by atoms with Crippen molar-refractivity contribution < 1.29 is 44.2 Å². The molecule has 0 spiro atoms. The zero-order chi connectivity index (χ0) is 24.7. The van der Waals surface area contributed by atoms with Crippen LogP contribution < -0.4 is 13.8 Å². The second kappa shape index (κ2) is 8.70. The van der Waals surface area contributed by atoms with Crippen molar-refractivity contribution in [2.24, 2.45) is 0 Å². The molecule has 13 heteroatoms. The van der Waals surface area contributed by atoms with Gasteiger partial charge in [0.25, 0.3) is 10.0 Å². The molecule has 0 N–H and O–H groups in total. The number of aromatic nitrogens is 1. The maximum absolute atomic E-state index is 14.0. The molecule has 2 heterocycles. The average Bonchev–Trinajstić information content (AvgIpc) is 2.77. The lowest BCUT2D eigenvalue weighted by atomic mass is 10.1. The van der Waals surface area contributed by atoms with Gasteiger partial charge >= 0.3 is 12.8 Å². The first-order valence-electron chi connectivity index (χ1n) is 9.54. The molecule has 0 radical (unpaired) electrons. The number of nitrogens with zero attached hydrogens (tertiary/aromatic N) is 2. The van der Waals surface area contributed by atoms with Gasteiger partial charge < -0.3 is 9.47 Å². The van der Waals surface area contributed by atoms with E-state index in [2.05, 4.69) is 9.72 Å². The number of benzene rings is 2. The summed E-state index contributed by atoms with van der Waals surface area (Å²) in [5, 5.41) is 0. The van der Waals surface area contributed by atoms with Crippen molar-refractivity contribution in [3.63, 3.8) is 0 Å². The number of sulfonamides is 1. The first kappa shape index (κ1) is 23.7. The largest absolute Gasteiger partial charge is 0.474 e. The van der Waals surface area contributed by atoms with Crippen molar-refractivity contribution in [3.8, 4) is 22.8 Å². The Labute approximate surface area is 189 Å². The molecule has 0 bridgehead atoms. The Kier molecular flexibility index (Phi) is 6.06. The molecular formula is C21H14F6N2O4S. The monoisotopic (exact) mass is 504 g/mol. The van der Waals surface area contributed by atoms with E-state index in [0.717, 1.165) is 40.7 Å². The quantitative estimate of drug-likeness (QED) is 0.453. The first-order valence-corrected chi connectivity index (χ1v) is 11.0. The predicted octanol–water partition coefficient (Wildman–Crippen LogP) is 5.10. The van der Waals surface area contributed by atoms with Crippen LogP contribution in [0.15, 0.2) is 59.6 Å². The van der Waals surface area contributed by atoms with Gasteiger partial charge in [-0.25, -0.2) is 17.8 Å². The molecule has 4 rings (SSSR count). The van der Waals surface area contributed by atoms with Crippen molar-refractivity contribution in [1.29, 1.82) is 0 Å². The van der Waals surface area contributed by atoms with Gasteiger partial charge in [0.1, 0.15) is 23.9 Å². The number of pyridine rings is 1. The third-order valence-corrected chi connectivity index (χ3v) is 6.62. The smallest absolute Gasteiger partial charge is 0.416 e. The van der Waals surface area contributed by atoms with Gasteiger partial charge in [0.05, 0.1) is 17.0 Å². The van der Waals surface area contributed by atoms with Gasteiger partial charge in [-0.2, -0.15) is 22.0 Å². The van der Waals surface area contributed by atoms with E-state index in [9.17, 15) is 34.8 Å². The van der Waals surface area contributed by atoms with Crippen LogP contribution in [0.5, 0.6) is 11.6 Å². The highest BCUT2D eigenvalue weighted by Gasteiger charge is 2.35. The lowest BCUT2D eigenvalue weighted by Crippen LogP contribution is -2.38. The lowest BCUT2D eigenvalue weighted by molar-refractivity contribution is -0.137. The highest BCUT2D eigenvalue weighted by Crippen LogP contribution is 2.38. The molecule has 0 saturated heterocycles. The molecule has 1 aromatic heterocycles. The van der Waals surface area contributed by atoms with Crippen LogP contribution in [0.3, 0.4) is 0 Å². The molecule has 34 heavy (non-hydrogen) atoms. The molecular weight excluding hydrogens is 490 g/mol. The Morgan fingerprint density at radius 3 is 2.53 bits per heavy atom. The average molecular weight is 504 g/mol. The Morgan fingerprint density at radius 1 is 1.06 bits per heavy atom. The zero-order valence-electron chi connectivity index (χ0n) is 16.9. The number of anilines is 1. The van der Waals surface area contributed by atoms with E-state index >= 15 is 0 Å². The molecule has 0 unspecified atom stereocenters. The number of ether oxygens (including phenoxy) is 2. The maximum Gasteiger partial charge on any atom is 0.416 e. The summed E-state index contributed by atoms with van der Waals surface area (Å²) in [6, 6.07) is 7.37. The van der Waals surface area contributed by atoms with Gasteiger partial charge in [0.2, 0.25) is 5.88 Å². The molecule has 0 saturated carbocycles. The Morgan fingerprint density at radius 2 is 1.82 bits per heavy atom. The van der Waals surface area contributed by atoms with Crippen LogP contribution in [0.25, 0.3) is 11.1 Å². The minimum absolute atomic E-state index is 0.0490. The van der Waals surface area contributed by atoms with Crippen molar-refractivity contribution in [2.75, 3.05) is 17.5 Å². The fourth-order valence-electron chi connectivity index (χ4n) is 3.34. The number of hydrogen-bond donors (Lipinski definition) is 0. The molecule has 0 aliphatic carbocycles. The predicted molar refractivity (Wildman–Crippen MR) is 108 cm³/mol. The van der Waals surface area contributed by atoms with Crippen LogP contribution in [0, 0.1) is 5.82 Å². The minimum atomic E-state index is -4.75. The van der Waals surface area contributed by atoms with Gasteiger partial charge in [-0.1, -0.05) is 6.07 Å². The fourth-order valence-corrected chi connectivity index (χ4v) is 4.83. The Bertz CT molecular complexity index is 1330. The standard InChI is InChI=1S/C21H14F6N2O4S/c22-15-6-12(7-16(10-15)33-20(23)24)13-8-18-19(28-11-13)32-5-4-29(18)34(30,31)17-3-1-2-14(9-17)21(25,26)27/h1-3,6-11,20H,4-5H2. The molecule has 1 aliphatic heterocycles. The summed E-state index contributed by atoms with van der Waals surface area (Å²) in [5.41, 5.74) is -1.07. The van der Waals surface area contributed by atoms with E-state index in [4.69, 9.17) is 4.74 Å². The van der Waals surface area contributed by atoms with E-state index in [-0.39, 0.29) is 35.8 Å². The highest BCUT2D eigenvalue weighted by molar-refractivity contribution is 7.92. The summed E-state index contributed by atoms with van der Waals surface area (Å²) in [4.78, 5) is 3.41. The summed E-state index contributed by atoms with van der Waals surface area (Å²) >= 11 is 0. The van der Waals surface area contributed by atoms with Crippen LogP contribution in [-0.4, -0.2) is 33.2 Å². The highest BCUT2D eigenvalue weighted by atomic mass is 32.2. The summed E-state index contributed by atoms with van der Waals surface area (Å²) in [6.45, 7) is -3.55. The summed E-state index contributed by atoms with van der Waals surface area (Å²) < 4.78 is 115. The topological polar surface area (TPSA) is 68.7 Å². The fraction of sp³-hybridized carbons (Fsp3) is 0.190. The van der Waals surface area contributed by atoms with E-state index in [1.54, 1.807) is 0 Å². The van der Waals surface area contributed by atoms with Crippen LogP contribution in [-0.2, 0) is 16.2 Å². The third kappa shape index (κ3) is 4.74. The van der Waals surface area contributed by atoms with E-state index in [0.29, 0.717) is 6.07 Å².